The molecule has 1 aliphatic heterocycles. The number of amides is 1. The maximum atomic E-state index is 12.1. The molecule has 0 saturated carbocycles. The van der Waals surface area contributed by atoms with Gasteiger partial charge in [-0.25, -0.2) is 0 Å². The highest BCUT2D eigenvalue weighted by Gasteiger charge is 2.26. The van der Waals surface area contributed by atoms with Gasteiger partial charge in [-0.15, -0.1) is 0 Å². The first kappa shape index (κ1) is 13.1. The summed E-state index contributed by atoms with van der Waals surface area (Å²) in [5, 5.41) is 6.33. The third kappa shape index (κ3) is 3.33. The predicted octanol–water partition coefficient (Wildman–Crippen LogP) is 2.00. The van der Waals surface area contributed by atoms with Gasteiger partial charge in [-0.3, -0.25) is 4.79 Å². The quantitative estimate of drug-likeness (QED) is 0.856. The van der Waals surface area contributed by atoms with Crippen molar-refractivity contribution < 1.29 is 4.79 Å². The van der Waals surface area contributed by atoms with E-state index >= 15 is 0 Å². The summed E-state index contributed by atoms with van der Waals surface area (Å²) in [6.07, 6.45) is 2.30. The maximum Gasteiger partial charge on any atom is 0.237 e. The molecule has 0 aromatic heterocycles. The second kappa shape index (κ2) is 6.01. The Morgan fingerprint density at radius 2 is 2.33 bits per heavy atom. The lowest BCUT2D eigenvalue weighted by Gasteiger charge is -2.28. The van der Waals surface area contributed by atoms with Crippen molar-refractivity contribution in [1.29, 1.82) is 0 Å². The lowest BCUT2D eigenvalue weighted by atomic mass is 9.92. The SMILES string of the molecule is Cc1cccc(CNC(=O)C2NCCCC2C)c1. The topological polar surface area (TPSA) is 41.1 Å². The number of rotatable bonds is 3. The molecule has 1 heterocycles. The zero-order valence-electron chi connectivity index (χ0n) is 11.2. The minimum Gasteiger partial charge on any atom is -0.351 e. The second-order valence-electron chi connectivity index (χ2n) is 5.26. The van der Waals surface area contributed by atoms with Gasteiger partial charge in [0.05, 0.1) is 6.04 Å². The minimum absolute atomic E-state index is 0.0245. The van der Waals surface area contributed by atoms with Crippen LogP contribution in [0, 0.1) is 12.8 Å². The van der Waals surface area contributed by atoms with E-state index in [0.717, 1.165) is 18.5 Å². The monoisotopic (exact) mass is 246 g/mol. The van der Waals surface area contributed by atoms with E-state index < -0.39 is 0 Å². The van der Waals surface area contributed by atoms with E-state index in [0.29, 0.717) is 12.5 Å². The Balaban J connectivity index is 1.88. The molecule has 18 heavy (non-hydrogen) atoms. The van der Waals surface area contributed by atoms with Crippen LogP contribution in [0.2, 0.25) is 0 Å². The van der Waals surface area contributed by atoms with E-state index in [1.807, 2.05) is 12.1 Å². The summed E-state index contributed by atoms with van der Waals surface area (Å²) < 4.78 is 0. The third-order valence-corrected chi connectivity index (χ3v) is 3.60. The summed E-state index contributed by atoms with van der Waals surface area (Å²) in [6.45, 7) is 5.78. The van der Waals surface area contributed by atoms with Crippen molar-refractivity contribution in [3.63, 3.8) is 0 Å². The molecular weight excluding hydrogens is 224 g/mol. The molecule has 0 radical (unpaired) electrons. The van der Waals surface area contributed by atoms with Crippen LogP contribution in [-0.2, 0) is 11.3 Å². The van der Waals surface area contributed by atoms with Gasteiger partial charge in [-0.1, -0.05) is 36.8 Å². The number of hydrogen-bond donors (Lipinski definition) is 2. The molecule has 3 heteroatoms. The van der Waals surface area contributed by atoms with Crippen LogP contribution in [0.5, 0.6) is 0 Å². The molecule has 1 saturated heterocycles. The van der Waals surface area contributed by atoms with Crippen molar-refractivity contribution in [2.45, 2.75) is 39.3 Å². The highest BCUT2D eigenvalue weighted by atomic mass is 16.2. The summed E-state index contributed by atoms with van der Waals surface area (Å²) in [7, 11) is 0. The fraction of sp³-hybridized carbons (Fsp3) is 0.533. The molecule has 2 rings (SSSR count). The van der Waals surface area contributed by atoms with E-state index in [1.165, 1.54) is 12.0 Å². The second-order valence-corrected chi connectivity index (χ2v) is 5.26. The Morgan fingerprint density at radius 1 is 1.50 bits per heavy atom. The number of carbonyl (C=O) groups is 1. The smallest absolute Gasteiger partial charge is 0.237 e. The maximum absolute atomic E-state index is 12.1. The van der Waals surface area contributed by atoms with Gasteiger partial charge in [0.15, 0.2) is 0 Å². The van der Waals surface area contributed by atoms with Crippen LogP contribution in [-0.4, -0.2) is 18.5 Å². The largest absolute Gasteiger partial charge is 0.351 e. The molecule has 1 aromatic carbocycles. The van der Waals surface area contributed by atoms with Crippen LogP contribution < -0.4 is 10.6 Å². The summed E-state index contributed by atoms with van der Waals surface area (Å²) in [5.41, 5.74) is 2.39. The Hall–Kier alpha value is -1.35. The van der Waals surface area contributed by atoms with Crippen molar-refractivity contribution in [1.82, 2.24) is 10.6 Å². The zero-order valence-corrected chi connectivity index (χ0v) is 11.2. The number of benzene rings is 1. The standard InChI is InChI=1S/C15H22N2O/c1-11-5-3-7-13(9-11)10-17-15(18)14-12(2)6-4-8-16-14/h3,5,7,9,12,14,16H,4,6,8,10H2,1-2H3,(H,17,18). The first-order valence-corrected chi connectivity index (χ1v) is 6.73. The van der Waals surface area contributed by atoms with E-state index in [-0.39, 0.29) is 11.9 Å². The first-order chi connectivity index (χ1) is 8.66. The number of hydrogen-bond acceptors (Lipinski definition) is 2. The summed E-state index contributed by atoms with van der Waals surface area (Å²) in [6, 6.07) is 8.22. The van der Waals surface area contributed by atoms with Crippen molar-refractivity contribution in [3.8, 4) is 0 Å². The summed E-state index contributed by atoms with van der Waals surface area (Å²) >= 11 is 0. The van der Waals surface area contributed by atoms with Gasteiger partial charge in [0.2, 0.25) is 5.91 Å². The van der Waals surface area contributed by atoms with E-state index in [9.17, 15) is 4.79 Å². The first-order valence-electron chi connectivity index (χ1n) is 6.73. The molecule has 0 spiro atoms. The van der Waals surface area contributed by atoms with Crippen LogP contribution >= 0.6 is 0 Å². The minimum atomic E-state index is -0.0245. The highest BCUT2D eigenvalue weighted by molar-refractivity contribution is 5.82. The average Bonchev–Trinajstić information content (AvgIpc) is 2.37. The molecule has 1 aliphatic rings. The van der Waals surface area contributed by atoms with Gasteiger partial charge in [0, 0.05) is 6.54 Å². The van der Waals surface area contributed by atoms with Crippen molar-refractivity contribution >= 4 is 5.91 Å². The summed E-state index contributed by atoms with van der Waals surface area (Å²) in [5.74, 6) is 0.556. The van der Waals surface area contributed by atoms with Crippen molar-refractivity contribution in [3.05, 3.63) is 35.4 Å². The Bertz CT molecular complexity index is 417. The van der Waals surface area contributed by atoms with Crippen molar-refractivity contribution in [2.24, 2.45) is 5.92 Å². The van der Waals surface area contributed by atoms with E-state index in [2.05, 4.69) is 36.6 Å². The number of piperidine rings is 1. The highest BCUT2D eigenvalue weighted by Crippen LogP contribution is 2.15. The normalized spacial score (nSPS) is 23.7. The average molecular weight is 246 g/mol. The van der Waals surface area contributed by atoms with Crippen molar-refractivity contribution in [2.75, 3.05) is 6.54 Å². The summed E-state index contributed by atoms with van der Waals surface area (Å²) in [4.78, 5) is 12.1. The van der Waals surface area contributed by atoms with Gasteiger partial charge < -0.3 is 10.6 Å². The van der Waals surface area contributed by atoms with Gasteiger partial charge in [-0.05, 0) is 37.8 Å². The Morgan fingerprint density at radius 3 is 3.06 bits per heavy atom. The number of carbonyl (C=O) groups excluding carboxylic acids is 1. The molecular formula is C15H22N2O. The van der Waals surface area contributed by atoms with Crippen LogP contribution in [0.4, 0.5) is 0 Å². The predicted molar refractivity (Wildman–Crippen MR) is 73.2 cm³/mol. The third-order valence-electron chi connectivity index (χ3n) is 3.60. The number of aryl methyl sites for hydroxylation is 1. The van der Waals surface area contributed by atoms with Gasteiger partial charge in [0.1, 0.15) is 0 Å². The molecule has 2 unspecified atom stereocenters. The van der Waals surface area contributed by atoms with Crippen LogP contribution in [0.1, 0.15) is 30.9 Å². The van der Waals surface area contributed by atoms with Crippen LogP contribution in [0.25, 0.3) is 0 Å². The van der Waals surface area contributed by atoms with Gasteiger partial charge in [0.25, 0.3) is 0 Å². The van der Waals surface area contributed by atoms with Crippen LogP contribution in [0.15, 0.2) is 24.3 Å². The molecule has 2 N–H and O–H groups in total. The fourth-order valence-electron chi connectivity index (χ4n) is 2.52. The molecule has 3 nitrogen and oxygen atoms in total. The van der Waals surface area contributed by atoms with E-state index in [4.69, 9.17) is 0 Å². The molecule has 1 aromatic rings. The molecule has 1 amide bonds. The zero-order chi connectivity index (χ0) is 13.0. The fourth-order valence-corrected chi connectivity index (χ4v) is 2.52. The van der Waals surface area contributed by atoms with E-state index in [1.54, 1.807) is 0 Å². The van der Waals surface area contributed by atoms with Crippen LogP contribution in [0.3, 0.4) is 0 Å². The molecule has 1 fully saturated rings. The molecule has 0 aliphatic carbocycles. The lowest BCUT2D eigenvalue weighted by molar-refractivity contribution is -0.125. The van der Waals surface area contributed by atoms with Gasteiger partial charge in [-0.2, -0.15) is 0 Å². The Labute approximate surface area is 109 Å². The number of nitrogens with one attached hydrogen (secondary N) is 2. The van der Waals surface area contributed by atoms with Gasteiger partial charge >= 0.3 is 0 Å². The Kier molecular flexibility index (Phi) is 4.37. The lowest BCUT2D eigenvalue weighted by Crippen LogP contribution is -2.50. The molecule has 0 bridgehead atoms. The molecule has 98 valence electrons. The molecule has 2 atom stereocenters.